The Morgan fingerprint density at radius 1 is 0.424 bits per heavy atom. The molecule has 0 radical (unpaired) electrons. The molecule has 59 heavy (non-hydrogen) atoms. The van der Waals surface area contributed by atoms with Crippen molar-refractivity contribution in [3.63, 3.8) is 0 Å². The first kappa shape index (κ1) is 58.8. The average molecular weight is 894 g/mol. The molecule has 0 aromatic heterocycles. The lowest BCUT2D eigenvalue weighted by molar-refractivity contribution is -0.144. The number of aliphatic hydroxyl groups excluding tert-OH is 1. The minimum absolute atomic E-state index is 0.0824. The van der Waals surface area contributed by atoms with Gasteiger partial charge in [0.15, 0.2) is 0 Å². The van der Waals surface area contributed by atoms with Gasteiger partial charge in [-0.2, -0.15) is 0 Å². The topological polar surface area (TPSA) is 79.3 Å². The summed E-state index contributed by atoms with van der Waals surface area (Å²) in [5.41, 5.74) is 0. The van der Waals surface area contributed by atoms with Gasteiger partial charge < -0.3 is 24.4 Å². The lowest BCUT2D eigenvalue weighted by Gasteiger charge is -2.21. The largest absolute Gasteiger partial charge is 0.465 e. The van der Waals surface area contributed by atoms with Gasteiger partial charge in [0, 0.05) is 43.3 Å². The SMILES string of the molecule is CCCCCCCCCCCN(CCCl)CCCCCCCCCC(=O)OCCSSCCOC(=O)CCCCCCCCCN(CCO)CCCCCCCCCC. The second-order valence-corrected chi connectivity index (χ2v) is 20.0. The van der Waals surface area contributed by atoms with Crippen molar-refractivity contribution in [1.82, 2.24) is 9.80 Å². The summed E-state index contributed by atoms with van der Waals surface area (Å²) in [7, 11) is 3.34. The van der Waals surface area contributed by atoms with Crippen molar-refractivity contribution in [2.45, 2.75) is 226 Å². The Morgan fingerprint density at radius 2 is 0.712 bits per heavy atom. The maximum Gasteiger partial charge on any atom is 0.305 e. The van der Waals surface area contributed by atoms with Crippen molar-refractivity contribution >= 4 is 45.1 Å². The predicted octanol–water partition coefficient (Wildman–Crippen LogP) is 14.2. The fourth-order valence-electron chi connectivity index (χ4n) is 7.67. The van der Waals surface area contributed by atoms with Crippen molar-refractivity contribution < 1.29 is 24.2 Å². The van der Waals surface area contributed by atoms with E-state index in [9.17, 15) is 14.7 Å². The second kappa shape index (κ2) is 50.5. The summed E-state index contributed by atoms with van der Waals surface area (Å²) in [5.74, 6) is 2.07. The highest BCUT2D eigenvalue weighted by Gasteiger charge is 2.08. The maximum atomic E-state index is 12.1. The van der Waals surface area contributed by atoms with Gasteiger partial charge in [0.1, 0.15) is 13.2 Å². The molecule has 0 aliphatic rings. The van der Waals surface area contributed by atoms with Gasteiger partial charge in [-0.25, -0.2) is 0 Å². The summed E-state index contributed by atoms with van der Waals surface area (Å²) < 4.78 is 10.8. The molecular weight excluding hydrogens is 796 g/mol. The van der Waals surface area contributed by atoms with Gasteiger partial charge in [-0.15, -0.1) is 11.6 Å². The Bertz CT molecular complexity index is 861. The first-order chi connectivity index (χ1) is 29.1. The van der Waals surface area contributed by atoms with E-state index in [1.54, 1.807) is 21.6 Å². The molecule has 0 aliphatic carbocycles. The van der Waals surface area contributed by atoms with Crippen molar-refractivity contribution in [2.24, 2.45) is 0 Å². The monoisotopic (exact) mass is 893 g/mol. The maximum absolute atomic E-state index is 12.1. The molecule has 10 heteroatoms. The summed E-state index contributed by atoms with van der Waals surface area (Å²) in [6.45, 7) is 12.1. The van der Waals surface area contributed by atoms with Gasteiger partial charge in [-0.05, 0) is 64.7 Å². The second-order valence-electron chi connectivity index (χ2n) is 16.9. The number of hydrogen-bond acceptors (Lipinski definition) is 9. The molecule has 0 aromatic rings. The molecule has 0 bridgehead atoms. The van der Waals surface area contributed by atoms with Crippen molar-refractivity contribution in [3.05, 3.63) is 0 Å². The standard InChI is InChI=1S/C49H97ClN2O5S2/c1-3-5-7-9-11-13-19-24-30-37-51(41-36-50)38-31-25-20-14-16-22-28-34-48(54)56-44-46-58-59-47-45-57-49(55)35-29-23-17-15-21-27-33-40-52(42-43-53)39-32-26-18-12-10-8-6-4-2/h53H,3-47H2,1-2H3. The van der Waals surface area contributed by atoms with Gasteiger partial charge in [-0.3, -0.25) is 9.59 Å². The minimum Gasteiger partial charge on any atom is -0.465 e. The van der Waals surface area contributed by atoms with Crippen LogP contribution in [0.2, 0.25) is 0 Å². The van der Waals surface area contributed by atoms with E-state index >= 15 is 0 Å². The van der Waals surface area contributed by atoms with Crippen LogP contribution in [0.4, 0.5) is 0 Å². The first-order valence-corrected chi connectivity index (χ1v) is 28.3. The van der Waals surface area contributed by atoms with Gasteiger partial charge in [0.2, 0.25) is 0 Å². The van der Waals surface area contributed by atoms with Gasteiger partial charge >= 0.3 is 11.9 Å². The molecule has 0 rings (SSSR count). The van der Waals surface area contributed by atoms with Crippen LogP contribution in [0.3, 0.4) is 0 Å². The minimum atomic E-state index is -0.0887. The fourth-order valence-corrected chi connectivity index (χ4v) is 9.56. The molecule has 0 saturated heterocycles. The van der Waals surface area contributed by atoms with Crippen molar-refractivity contribution in [3.8, 4) is 0 Å². The number of rotatable bonds is 50. The smallest absolute Gasteiger partial charge is 0.305 e. The zero-order valence-electron chi connectivity index (χ0n) is 39.0. The third-order valence-electron chi connectivity index (χ3n) is 11.4. The van der Waals surface area contributed by atoms with Gasteiger partial charge in [0.25, 0.3) is 0 Å². The highest BCUT2D eigenvalue weighted by Crippen LogP contribution is 2.21. The molecule has 0 aromatic carbocycles. The zero-order chi connectivity index (χ0) is 43.0. The van der Waals surface area contributed by atoms with Gasteiger partial charge in [-0.1, -0.05) is 196 Å². The zero-order valence-corrected chi connectivity index (χ0v) is 41.4. The highest BCUT2D eigenvalue weighted by molar-refractivity contribution is 8.76. The number of unbranched alkanes of at least 4 members (excludes halogenated alkanes) is 27. The number of ether oxygens (including phenoxy) is 2. The summed E-state index contributed by atoms with van der Waals surface area (Å²) in [6.07, 6.45) is 40.6. The lowest BCUT2D eigenvalue weighted by atomic mass is 10.1. The van der Waals surface area contributed by atoms with Crippen LogP contribution in [0.5, 0.6) is 0 Å². The van der Waals surface area contributed by atoms with Crippen molar-refractivity contribution in [1.29, 1.82) is 0 Å². The Hall–Kier alpha value is -0.190. The summed E-state index contributed by atoms with van der Waals surface area (Å²) in [6, 6.07) is 0. The van der Waals surface area contributed by atoms with Crippen LogP contribution < -0.4 is 0 Å². The molecule has 0 unspecified atom stereocenters. The molecule has 0 amide bonds. The molecule has 1 N–H and O–H groups in total. The molecule has 0 spiro atoms. The molecular formula is C49H97ClN2O5S2. The van der Waals surface area contributed by atoms with Crippen LogP contribution in [-0.4, -0.2) is 103 Å². The van der Waals surface area contributed by atoms with Crippen LogP contribution in [-0.2, 0) is 19.1 Å². The lowest BCUT2D eigenvalue weighted by Crippen LogP contribution is -2.29. The Morgan fingerprint density at radius 3 is 1.02 bits per heavy atom. The van der Waals surface area contributed by atoms with E-state index in [1.807, 2.05) is 0 Å². The third kappa shape index (κ3) is 47.1. The number of nitrogens with zero attached hydrogens (tertiary/aromatic N) is 2. The van der Waals surface area contributed by atoms with Crippen LogP contribution in [0, 0.1) is 0 Å². The molecule has 0 atom stereocenters. The molecule has 0 fully saturated rings. The number of aliphatic hydroxyl groups is 1. The van der Waals surface area contributed by atoms with Crippen molar-refractivity contribution in [2.75, 3.05) is 76.5 Å². The Kier molecular flexibility index (Phi) is 50.3. The van der Waals surface area contributed by atoms with E-state index < -0.39 is 0 Å². The molecule has 0 aliphatic heterocycles. The van der Waals surface area contributed by atoms with E-state index in [1.165, 1.54) is 186 Å². The molecule has 7 nitrogen and oxygen atoms in total. The predicted molar refractivity (Wildman–Crippen MR) is 261 cm³/mol. The summed E-state index contributed by atoms with van der Waals surface area (Å²) in [4.78, 5) is 29.2. The normalized spacial score (nSPS) is 11.6. The summed E-state index contributed by atoms with van der Waals surface area (Å²) >= 11 is 6.08. The first-order valence-electron chi connectivity index (χ1n) is 25.2. The number of carbonyl (C=O) groups excluding carboxylic acids is 2. The van der Waals surface area contributed by atoms with Crippen LogP contribution in [0.25, 0.3) is 0 Å². The van der Waals surface area contributed by atoms with E-state index in [2.05, 4.69) is 23.6 Å². The van der Waals surface area contributed by atoms with Crippen LogP contribution >= 0.6 is 33.2 Å². The average Bonchev–Trinajstić information content (AvgIpc) is 3.23. The third-order valence-corrected chi connectivity index (χ3v) is 13.9. The fraction of sp³-hybridized carbons (Fsp3) is 0.959. The van der Waals surface area contributed by atoms with Gasteiger partial charge in [0.05, 0.1) is 6.61 Å². The van der Waals surface area contributed by atoms with E-state index in [-0.39, 0.29) is 18.5 Å². The molecule has 0 heterocycles. The van der Waals surface area contributed by atoms with Crippen LogP contribution in [0.15, 0.2) is 0 Å². The number of carbonyl (C=O) groups is 2. The van der Waals surface area contributed by atoms with E-state index in [0.717, 1.165) is 69.2 Å². The Balaban J connectivity index is 3.51. The molecule has 352 valence electrons. The van der Waals surface area contributed by atoms with E-state index in [0.29, 0.717) is 26.1 Å². The van der Waals surface area contributed by atoms with E-state index in [4.69, 9.17) is 21.1 Å². The quantitative estimate of drug-likeness (QED) is 0.0278. The number of esters is 2. The number of hydrogen-bond donors (Lipinski definition) is 1. The number of alkyl halides is 1. The van der Waals surface area contributed by atoms with Crippen LogP contribution in [0.1, 0.15) is 226 Å². The molecule has 0 saturated carbocycles. The number of halogens is 1. The highest BCUT2D eigenvalue weighted by atomic mass is 35.5. The Labute approximate surface area is 379 Å². The summed E-state index contributed by atoms with van der Waals surface area (Å²) in [5, 5.41) is 9.44.